The summed E-state index contributed by atoms with van der Waals surface area (Å²) in [5.41, 5.74) is 0.562. The van der Waals surface area contributed by atoms with Crippen molar-refractivity contribution in [2.24, 2.45) is 0 Å². The number of nitrogens with zero attached hydrogens (tertiary/aromatic N) is 2. The molecule has 0 aliphatic rings. The summed E-state index contributed by atoms with van der Waals surface area (Å²) in [6.45, 7) is 6.83. The quantitative estimate of drug-likeness (QED) is 0.400. The Morgan fingerprint density at radius 2 is 1.71 bits per heavy atom. The minimum atomic E-state index is -0.781. The maximum absolute atomic E-state index is 12.3. The Hall–Kier alpha value is -2.88. The summed E-state index contributed by atoms with van der Waals surface area (Å²) in [6.07, 6.45) is 1.41. The van der Waals surface area contributed by atoms with E-state index in [1.165, 1.54) is 25.0 Å². The third kappa shape index (κ3) is 5.32. The lowest BCUT2D eigenvalue weighted by Gasteiger charge is -2.07. The first-order chi connectivity index (χ1) is 13.4. The van der Waals surface area contributed by atoms with Gasteiger partial charge in [-0.1, -0.05) is 11.8 Å². The van der Waals surface area contributed by atoms with Gasteiger partial charge in [-0.05, 0) is 33.8 Å². The number of aryl methyl sites for hydroxylation is 2. The van der Waals surface area contributed by atoms with Crippen LogP contribution in [0.15, 0.2) is 21.8 Å². The molecule has 0 bridgehead atoms. The van der Waals surface area contributed by atoms with E-state index in [9.17, 15) is 14.4 Å². The average Bonchev–Trinajstić information content (AvgIpc) is 2.96. The van der Waals surface area contributed by atoms with E-state index in [-0.39, 0.29) is 41.7 Å². The first-order valence-electron chi connectivity index (χ1n) is 8.56. The second kappa shape index (κ2) is 9.88. The number of carbonyl (C=O) groups is 3. The van der Waals surface area contributed by atoms with Gasteiger partial charge in [0.25, 0.3) is 0 Å². The normalized spacial score (nSPS) is 10.4. The Labute approximate surface area is 166 Å². The molecular weight excluding hydrogens is 386 g/mol. The fraction of sp³-hybridized carbons (Fsp3) is 0.389. The van der Waals surface area contributed by atoms with Crippen molar-refractivity contribution in [2.75, 3.05) is 24.3 Å². The van der Waals surface area contributed by atoms with Crippen molar-refractivity contribution >= 4 is 35.5 Å². The highest BCUT2D eigenvalue weighted by Crippen LogP contribution is 2.29. The van der Waals surface area contributed by atoms with Crippen LogP contribution >= 0.6 is 11.8 Å². The highest BCUT2D eigenvalue weighted by atomic mass is 32.2. The molecule has 2 heterocycles. The van der Waals surface area contributed by atoms with Crippen LogP contribution in [0.1, 0.15) is 46.0 Å². The lowest BCUT2D eigenvalue weighted by molar-refractivity contribution is -0.113. The Morgan fingerprint density at radius 1 is 1.07 bits per heavy atom. The van der Waals surface area contributed by atoms with E-state index in [4.69, 9.17) is 13.9 Å². The second-order valence-corrected chi connectivity index (χ2v) is 6.51. The van der Waals surface area contributed by atoms with Crippen LogP contribution in [-0.4, -0.2) is 46.8 Å². The summed E-state index contributed by atoms with van der Waals surface area (Å²) < 4.78 is 15.4. The highest BCUT2D eigenvalue weighted by molar-refractivity contribution is 7.99. The van der Waals surface area contributed by atoms with Crippen molar-refractivity contribution in [1.82, 2.24) is 9.97 Å². The van der Waals surface area contributed by atoms with Gasteiger partial charge in [-0.25, -0.2) is 19.6 Å². The molecule has 2 rings (SSSR count). The van der Waals surface area contributed by atoms with Crippen LogP contribution in [0.3, 0.4) is 0 Å². The number of rotatable bonds is 8. The van der Waals surface area contributed by atoms with Crippen molar-refractivity contribution in [1.29, 1.82) is 0 Å². The molecule has 0 fully saturated rings. The molecule has 0 atom stereocenters. The summed E-state index contributed by atoms with van der Waals surface area (Å²) in [7, 11) is 0. The van der Waals surface area contributed by atoms with Gasteiger partial charge in [0.2, 0.25) is 11.8 Å². The zero-order valence-corrected chi connectivity index (χ0v) is 16.8. The van der Waals surface area contributed by atoms with Crippen LogP contribution < -0.4 is 5.32 Å². The maximum Gasteiger partial charge on any atom is 0.344 e. The first kappa shape index (κ1) is 21.4. The molecule has 2 aromatic rings. The molecule has 0 spiro atoms. The number of anilines is 1. The van der Waals surface area contributed by atoms with Gasteiger partial charge in [0, 0.05) is 5.69 Å². The number of thioether (sulfide) groups is 1. The topological polar surface area (TPSA) is 121 Å². The number of aromatic nitrogens is 2. The summed E-state index contributed by atoms with van der Waals surface area (Å²) >= 11 is 1.20. The number of carbonyl (C=O) groups excluding carboxylic acids is 3. The van der Waals surface area contributed by atoms with Gasteiger partial charge in [0.1, 0.15) is 28.2 Å². The minimum Gasteiger partial charge on any atom is -0.462 e. The number of furan rings is 1. The molecule has 0 radical (unpaired) electrons. The van der Waals surface area contributed by atoms with E-state index < -0.39 is 17.8 Å². The molecule has 150 valence electrons. The van der Waals surface area contributed by atoms with E-state index in [1.807, 2.05) is 6.92 Å². The molecule has 0 aliphatic carbocycles. The summed E-state index contributed by atoms with van der Waals surface area (Å²) in [5, 5.41) is 3.15. The predicted molar refractivity (Wildman–Crippen MR) is 101 cm³/mol. The van der Waals surface area contributed by atoms with Gasteiger partial charge < -0.3 is 13.9 Å². The van der Waals surface area contributed by atoms with Crippen LogP contribution in [-0.2, 0) is 14.3 Å². The average molecular weight is 407 g/mol. The maximum atomic E-state index is 12.3. The van der Waals surface area contributed by atoms with Gasteiger partial charge >= 0.3 is 11.9 Å². The van der Waals surface area contributed by atoms with Gasteiger partial charge in [-0.15, -0.1) is 0 Å². The molecule has 1 N–H and O–H groups in total. The smallest absolute Gasteiger partial charge is 0.344 e. The molecule has 2 aromatic heterocycles. The van der Waals surface area contributed by atoms with E-state index in [0.717, 1.165) is 5.69 Å². The molecule has 10 heteroatoms. The largest absolute Gasteiger partial charge is 0.462 e. The zero-order valence-electron chi connectivity index (χ0n) is 16.0. The van der Waals surface area contributed by atoms with Crippen LogP contribution in [0, 0.1) is 13.8 Å². The number of ether oxygens (including phenoxy) is 2. The van der Waals surface area contributed by atoms with Crippen LogP contribution in [0.25, 0.3) is 0 Å². The Balaban J connectivity index is 2.21. The number of hydrogen-bond donors (Lipinski definition) is 1. The molecule has 0 unspecified atom stereocenters. The minimum absolute atomic E-state index is 0.0210. The molecule has 9 nitrogen and oxygen atoms in total. The van der Waals surface area contributed by atoms with E-state index in [1.54, 1.807) is 19.9 Å². The Kier molecular flexibility index (Phi) is 7.56. The van der Waals surface area contributed by atoms with Crippen molar-refractivity contribution < 1.29 is 28.3 Å². The van der Waals surface area contributed by atoms with Crippen LogP contribution in [0.4, 0.5) is 5.88 Å². The Bertz CT molecular complexity index is 880. The van der Waals surface area contributed by atoms with Gasteiger partial charge in [-0.3, -0.25) is 10.1 Å². The molecule has 28 heavy (non-hydrogen) atoms. The lowest BCUT2D eigenvalue weighted by atomic mass is 10.1. The lowest BCUT2D eigenvalue weighted by Crippen LogP contribution is -2.18. The summed E-state index contributed by atoms with van der Waals surface area (Å²) in [5.74, 6) is -1.92. The molecular formula is C18H21N3O6S. The third-order valence-electron chi connectivity index (χ3n) is 3.43. The SMILES string of the molecule is CCOC(=O)c1c(C)oc(NC(=O)CSc2cc(C)ncn2)c1C(=O)OCC. The van der Waals surface area contributed by atoms with Crippen molar-refractivity contribution in [3.05, 3.63) is 35.0 Å². The standard InChI is InChI=1S/C18H21N3O6S/c1-5-25-17(23)14-11(4)27-16(15(14)18(24)26-6-2)21-12(22)8-28-13-7-10(3)19-9-20-13/h7,9H,5-6,8H2,1-4H3,(H,21,22). The predicted octanol–water partition coefficient (Wildman–Crippen LogP) is 2.77. The number of nitrogens with one attached hydrogen (secondary N) is 1. The van der Waals surface area contributed by atoms with E-state index in [2.05, 4.69) is 15.3 Å². The second-order valence-electron chi connectivity index (χ2n) is 5.51. The van der Waals surface area contributed by atoms with E-state index in [0.29, 0.717) is 5.03 Å². The first-order valence-corrected chi connectivity index (χ1v) is 9.54. The monoisotopic (exact) mass is 407 g/mol. The van der Waals surface area contributed by atoms with Gasteiger partial charge in [0.05, 0.1) is 19.0 Å². The molecule has 0 aromatic carbocycles. The molecule has 0 saturated heterocycles. The van der Waals surface area contributed by atoms with Crippen LogP contribution in [0.2, 0.25) is 0 Å². The Morgan fingerprint density at radius 3 is 2.32 bits per heavy atom. The number of esters is 2. The zero-order chi connectivity index (χ0) is 20.7. The van der Waals surface area contributed by atoms with Crippen molar-refractivity contribution in [3.8, 4) is 0 Å². The van der Waals surface area contributed by atoms with Crippen LogP contribution in [0.5, 0.6) is 0 Å². The molecule has 0 saturated carbocycles. The van der Waals surface area contributed by atoms with Gasteiger partial charge in [0.15, 0.2) is 0 Å². The molecule has 1 amide bonds. The van der Waals surface area contributed by atoms with Crippen molar-refractivity contribution in [2.45, 2.75) is 32.7 Å². The van der Waals surface area contributed by atoms with E-state index >= 15 is 0 Å². The highest BCUT2D eigenvalue weighted by Gasteiger charge is 2.31. The third-order valence-corrected chi connectivity index (χ3v) is 4.35. The number of amides is 1. The fourth-order valence-corrected chi connectivity index (χ4v) is 3.02. The number of hydrogen-bond acceptors (Lipinski definition) is 9. The summed E-state index contributed by atoms with van der Waals surface area (Å²) in [6, 6.07) is 1.75. The van der Waals surface area contributed by atoms with Crippen molar-refractivity contribution in [3.63, 3.8) is 0 Å². The fourth-order valence-electron chi connectivity index (χ4n) is 2.29. The molecule has 0 aliphatic heterocycles. The summed E-state index contributed by atoms with van der Waals surface area (Å²) in [4.78, 5) is 44.9. The van der Waals surface area contributed by atoms with Gasteiger partial charge in [-0.2, -0.15) is 0 Å².